The molecule has 0 saturated heterocycles. The maximum absolute atomic E-state index is 12.2. The van der Waals surface area contributed by atoms with Crippen molar-refractivity contribution < 1.29 is 23.9 Å². The number of rotatable bonds is 3. The van der Waals surface area contributed by atoms with Crippen molar-refractivity contribution in [1.29, 1.82) is 0 Å². The van der Waals surface area contributed by atoms with E-state index in [9.17, 15) is 9.59 Å². The molecule has 0 unspecified atom stereocenters. The van der Waals surface area contributed by atoms with Gasteiger partial charge in [0.25, 0.3) is 0 Å². The number of allylic oxidation sites excluding steroid dienone is 3. The van der Waals surface area contributed by atoms with E-state index < -0.39 is 23.4 Å². The highest BCUT2D eigenvalue weighted by molar-refractivity contribution is 5.86. The van der Waals surface area contributed by atoms with E-state index in [0.717, 1.165) is 6.42 Å². The van der Waals surface area contributed by atoms with Crippen molar-refractivity contribution in [3.63, 3.8) is 0 Å². The first-order valence-electron chi connectivity index (χ1n) is 7.70. The van der Waals surface area contributed by atoms with Crippen LogP contribution in [0.4, 0.5) is 9.59 Å². The molecule has 2 amide bonds. The van der Waals surface area contributed by atoms with E-state index in [4.69, 9.17) is 14.3 Å². The molecule has 23 heavy (non-hydrogen) atoms. The Morgan fingerprint density at radius 3 is 1.91 bits per heavy atom. The van der Waals surface area contributed by atoms with Gasteiger partial charge in [0, 0.05) is 5.92 Å². The normalized spacial score (nSPS) is 17.7. The fraction of sp³-hybridized carbons (Fsp3) is 0.647. The van der Waals surface area contributed by atoms with Gasteiger partial charge < -0.3 is 9.47 Å². The molecule has 0 N–H and O–H groups in total. The van der Waals surface area contributed by atoms with Gasteiger partial charge >= 0.3 is 12.2 Å². The van der Waals surface area contributed by atoms with E-state index in [1.807, 2.05) is 24.3 Å². The number of amides is 2. The molecule has 0 saturated carbocycles. The van der Waals surface area contributed by atoms with Crippen molar-refractivity contribution in [2.45, 2.75) is 59.2 Å². The predicted molar refractivity (Wildman–Crippen MR) is 86.6 cm³/mol. The number of hydrogen-bond donors (Lipinski definition) is 0. The van der Waals surface area contributed by atoms with Crippen LogP contribution in [0, 0.1) is 5.92 Å². The minimum atomic E-state index is -0.887. The van der Waals surface area contributed by atoms with Crippen LogP contribution < -0.4 is 0 Å². The Kier molecular flexibility index (Phi) is 6.38. The summed E-state index contributed by atoms with van der Waals surface area (Å²) in [4.78, 5) is 29.8. The Labute approximate surface area is 138 Å². The predicted octanol–water partition coefficient (Wildman–Crippen LogP) is 4.22. The quantitative estimate of drug-likeness (QED) is 0.727. The van der Waals surface area contributed by atoms with E-state index in [2.05, 4.69) is 0 Å². The molecule has 0 aromatic carbocycles. The highest BCUT2D eigenvalue weighted by atomic mass is 16.8. The summed E-state index contributed by atoms with van der Waals surface area (Å²) in [7, 11) is 0. The van der Waals surface area contributed by atoms with E-state index in [-0.39, 0.29) is 12.5 Å². The van der Waals surface area contributed by atoms with Gasteiger partial charge in [-0.05, 0) is 48.0 Å². The first-order chi connectivity index (χ1) is 10.5. The van der Waals surface area contributed by atoms with Gasteiger partial charge in [0.05, 0.1) is 6.61 Å². The van der Waals surface area contributed by atoms with Crippen LogP contribution in [0.3, 0.4) is 0 Å². The summed E-state index contributed by atoms with van der Waals surface area (Å²) < 4.78 is 10.4. The van der Waals surface area contributed by atoms with Crippen LogP contribution >= 0.6 is 0 Å². The van der Waals surface area contributed by atoms with Crippen LogP contribution in [-0.4, -0.2) is 35.1 Å². The fourth-order valence-corrected chi connectivity index (χ4v) is 1.71. The number of hydrogen-bond acceptors (Lipinski definition) is 5. The Morgan fingerprint density at radius 1 is 1.00 bits per heavy atom. The lowest BCUT2D eigenvalue weighted by molar-refractivity contribution is -0.143. The lowest BCUT2D eigenvalue weighted by Gasteiger charge is -2.28. The smallest absolute Gasteiger partial charge is 0.442 e. The molecule has 1 aliphatic carbocycles. The largest absolute Gasteiger partial charge is 0.444 e. The SMILES string of the molecule is CC(C)(C)OC(=O)N(OC[C@H]1C=CC=CC1)C(=O)OC(C)(C)C. The highest BCUT2D eigenvalue weighted by Gasteiger charge is 2.33. The number of hydroxylamine groups is 2. The molecule has 130 valence electrons. The van der Waals surface area contributed by atoms with Crippen LogP contribution in [0.5, 0.6) is 0 Å². The van der Waals surface area contributed by atoms with Gasteiger partial charge in [-0.15, -0.1) is 0 Å². The average Bonchev–Trinajstić information content (AvgIpc) is 2.35. The molecule has 6 heteroatoms. The highest BCUT2D eigenvalue weighted by Crippen LogP contribution is 2.17. The summed E-state index contributed by atoms with van der Waals surface area (Å²) in [5.74, 6) is 0.0902. The molecule has 0 heterocycles. The average molecular weight is 325 g/mol. The molecule has 6 nitrogen and oxygen atoms in total. The van der Waals surface area contributed by atoms with E-state index in [0.29, 0.717) is 5.06 Å². The lowest BCUT2D eigenvalue weighted by atomic mass is 10.0. The van der Waals surface area contributed by atoms with Crippen molar-refractivity contribution in [3.8, 4) is 0 Å². The zero-order valence-corrected chi connectivity index (χ0v) is 14.8. The summed E-state index contributed by atoms with van der Waals surface area (Å²) in [6.45, 7) is 10.5. The summed E-state index contributed by atoms with van der Waals surface area (Å²) in [6.07, 6.45) is 6.82. The van der Waals surface area contributed by atoms with Gasteiger partial charge in [0.1, 0.15) is 11.2 Å². The molecule has 0 spiro atoms. The zero-order valence-electron chi connectivity index (χ0n) is 14.8. The maximum Gasteiger partial charge on any atom is 0.444 e. The Balaban J connectivity index is 2.74. The third kappa shape index (κ3) is 7.83. The second-order valence-electron chi connectivity index (χ2n) is 7.36. The molecular formula is C17H27NO5. The molecule has 1 rings (SSSR count). The molecule has 0 radical (unpaired) electrons. The number of imide groups is 1. The minimum absolute atomic E-state index is 0.0902. The van der Waals surface area contributed by atoms with Crippen molar-refractivity contribution >= 4 is 12.2 Å². The standard InChI is InChI=1S/C17H27NO5/c1-16(2,3)22-14(19)18(15(20)23-17(4,5)6)21-12-13-10-8-7-9-11-13/h7-10,13H,11-12H2,1-6H3/t13-/m0/s1. The van der Waals surface area contributed by atoms with Crippen molar-refractivity contribution in [2.75, 3.05) is 6.61 Å². The summed E-state index contributed by atoms with van der Waals surface area (Å²) in [6, 6.07) is 0. The van der Waals surface area contributed by atoms with Gasteiger partial charge in [0.2, 0.25) is 0 Å². The zero-order chi connectivity index (χ0) is 17.7. The van der Waals surface area contributed by atoms with Gasteiger partial charge in [0.15, 0.2) is 0 Å². The number of carbonyl (C=O) groups is 2. The van der Waals surface area contributed by atoms with Gasteiger partial charge in [-0.25, -0.2) is 9.59 Å². The molecule has 0 aromatic heterocycles. The third-order valence-corrected chi connectivity index (χ3v) is 2.61. The second-order valence-corrected chi connectivity index (χ2v) is 7.36. The summed E-state index contributed by atoms with van der Waals surface area (Å²) in [5, 5.41) is 0.558. The lowest BCUT2D eigenvalue weighted by Crippen LogP contribution is -2.44. The van der Waals surface area contributed by atoms with Crippen molar-refractivity contribution in [3.05, 3.63) is 24.3 Å². The minimum Gasteiger partial charge on any atom is -0.442 e. The first-order valence-corrected chi connectivity index (χ1v) is 7.70. The molecule has 1 atom stereocenters. The second kappa shape index (κ2) is 7.64. The van der Waals surface area contributed by atoms with Crippen molar-refractivity contribution in [2.24, 2.45) is 5.92 Å². The summed E-state index contributed by atoms with van der Waals surface area (Å²) in [5.41, 5.74) is -1.48. The summed E-state index contributed by atoms with van der Waals surface area (Å²) >= 11 is 0. The first kappa shape index (κ1) is 19.2. The van der Waals surface area contributed by atoms with Gasteiger partial charge in [-0.3, -0.25) is 4.84 Å². The molecule has 0 aliphatic heterocycles. The number of ether oxygens (including phenoxy) is 2. The van der Waals surface area contributed by atoms with Crippen LogP contribution in [0.25, 0.3) is 0 Å². The Morgan fingerprint density at radius 2 is 1.52 bits per heavy atom. The maximum atomic E-state index is 12.2. The molecule has 0 aromatic rings. The molecular weight excluding hydrogens is 298 g/mol. The van der Waals surface area contributed by atoms with Gasteiger partial charge in [-0.2, -0.15) is 0 Å². The fourth-order valence-electron chi connectivity index (χ4n) is 1.71. The van der Waals surface area contributed by atoms with Crippen molar-refractivity contribution in [1.82, 2.24) is 5.06 Å². The van der Waals surface area contributed by atoms with E-state index in [1.165, 1.54) is 0 Å². The molecule has 0 fully saturated rings. The van der Waals surface area contributed by atoms with E-state index in [1.54, 1.807) is 41.5 Å². The van der Waals surface area contributed by atoms with Crippen LogP contribution in [0.2, 0.25) is 0 Å². The topological polar surface area (TPSA) is 65.1 Å². The van der Waals surface area contributed by atoms with Crippen LogP contribution in [0.1, 0.15) is 48.0 Å². The van der Waals surface area contributed by atoms with Crippen LogP contribution in [-0.2, 0) is 14.3 Å². The molecule has 0 bridgehead atoms. The Hall–Kier alpha value is -1.82. The number of carbonyl (C=O) groups excluding carboxylic acids is 2. The number of nitrogens with zero attached hydrogens (tertiary/aromatic N) is 1. The van der Waals surface area contributed by atoms with Gasteiger partial charge in [-0.1, -0.05) is 29.4 Å². The monoisotopic (exact) mass is 325 g/mol. The van der Waals surface area contributed by atoms with E-state index >= 15 is 0 Å². The third-order valence-electron chi connectivity index (χ3n) is 2.61. The Bertz CT molecular complexity index is 454. The molecule has 1 aliphatic rings. The van der Waals surface area contributed by atoms with Crippen LogP contribution in [0.15, 0.2) is 24.3 Å².